The van der Waals surface area contributed by atoms with Crippen LogP contribution in [0.4, 0.5) is 0 Å². The summed E-state index contributed by atoms with van der Waals surface area (Å²) in [6, 6.07) is 2.34. The molecule has 0 aromatic rings. The van der Waals surface area contributed by atoms with Gasteiger partial charge < -0.3 is 0 Å². The summed E-state index contributed by atoms with van der Waals surface area (Å²) in [6.07, 6.45) is 0.832. The summed E-state index contributed by atoms with van der Waals surface area (Å²) < 4.78 is 0. The topological polar surface area (TPSA) is 59.4 Å². The summed E-state index contributed by atoms with van der Waals surface area (Å²) in [5.74, 6) is 1.93. The van der Waals surface area contributed by atoms with Gasteiger partial charge >= 0.3 is 0 Å². The summed E-state index contributed by atoms with van der Waals surface area (Å²) in [4.78, 5) is 15.3. The van der Waals surface area contributed by atoms with Gasteiger partial charge in [0.1, 0.15) is 12.0 Å². The van der Waals surface area contributed by atoms with Gasteiger partial charge in [-0.25, -0.2) is 4.79 Å². The first-order valence-electron chi connectivity index (χ1n) is 6.54. The molecular formula is C13H20N4O. The molecule has 5 heteroatoms. The molecule has 0 amide bonds. The van der Waals surface area contributed by atoms with Gasteiger partial charge in [-0.15, -0.1) is 0 Å². The molecule has 5 nitrogen and oxygen atoms in total. The molecule has 2 aliphatic heterocycles. The zero-order valence-corrected chi connectivity index (χ0v) is 11.0. The molecule has 0 radical (unpaired) electrons. The number of hydrogen-bond donors (Lipinski definition) is 1. The van der Waals surface area contributed by atoms with Crippen molar-refractivity contribution in [2.45, 2.75) is 38.5 Å². The number of hydrogen-bond acceptors (Lipinski definition) is 5. The Labute approximate surface area is 108 Å². The summed E-state index contributed by atoms with van der Waals surface area (Å²) in [5.41, 5.74) is 0.598. The molecule has 18 heavy (non-hydrogen) atoms. The van der Waals surface area contributed by atoms with Gasteiger partial charge in [0.15, 0.2) is 0 Å². The fourth-order valence-electron chi connectivity index (χ4n) is 2.75. The Bertz CT molecular complexity index is 394. The molecule has 1 N–H and O–H groups in total. The van der Waals surface area contributed by atoms with E-state index in [-0.39, 0.29) is 6.17 Å². The van der Waals surface area contributed by atoms with Gasteiger partial charge in [-0.3, -0.25) is 15.1 Å². The Morgan fingerprint density at radius 3 is 2.83 bits per heavy atom. The minimum absolute atomic E-state index is 0.164. The quantitative estimate of drug-likeness (QED) is 0.696. The Morgan fingerprint density at radius 2 is 2.22 bits per heavy atom. The third kappa shape index (κ3) is 2.47. The fourth-order valence-corrected chi connectivity index (χ4v) is 2.75. The van der Waals surface area contributed by atoms with E-state index in [2.05, 4.69) is 35.0 Å². The summed E-state index contributed by atoms with van der Waals surface area (Å²) in [5, 5.41) is 12.7. The van der Waals surface area contributed by atoms with Crippen LogP contribution in [0.25, 0.3) is 0 Å². The van der Waals surface area contributed by atoms with E-state index >= 15 is 0 Å². The van der Waals surface area contributed by atoms with Crippen molar-refractivity contribution in [3.63, 3.8) is 0 Å². The van der Waals surface area contributed by atoms with Crippen LogP contribution in [-0.2, 0) is 4.79 Å². The number of rotatable bonds is 2. The normalized spacial score (nSPS) is 30.4. The second-order valence-corrected chi connectivity index (χ2v) is 5.21. The number of nitriles is 1. The average molecular weight is 248 g/mol. The van der Waals surface area contributed by atoms with E-state index in [1.54, 1.807) is 0 Å². The first-order chi connectivity index (χ1) is 8.67. The lowest BCUT2D eigenvalue weighted by molar-refractivity contribution is 0.0737. The van der Waals surface area contributed by atoms with Gasteiger partial charge in [-0.1, -0.05) is 0 Å². The molecule has 0 spiro atoms. The lowest BCUT2D eigenvalue weighted by Crippen LogP contribution is -2.60. The Balaban J connectivity index is 2.08. The van der Waals surface area contributed by atoms with Gasteiger partial charge in [0.25, 0.3) is 0 Å². The summed E-state index contributed by atoms with van der Waals surface area (Å²) in [7, 11) is 0. The van der Waals surface area contributed by atoms with Crippen LogP contribution in [0, 0.1) is 11.3 Å². The van der Waals surface area contributed by atoms with Crippen molar-refractivity contribution >= 4 is 5.94 Å². The maximum Gasteiger partial charge on any atom is 0.131 e. The molecule has 2 rings (SSSR count). The molecule has 0 bridgehead atoms. The first-order valence-corrected chi connectivity index (χ1v) is 6.54. The summed E-state index contributed by atoms with van der Waals surface area (Å²) in [6.45, 7) is 8.01. The highest BCUT2D eigenvalue weighted by atomic mass is 16.1. The molecule has 0 aromatic heterocycles. The Hall–Kier alpha value is -1.18. The van der Waals surface area contributed by atoms with Gasteiger partial charge in [-0.2, -0.15) is 5.26 Å². The van der Waals surface area contributed by atoms with Crippen molar-refractivity contribution in [1.82, 2.24) is 15.1 Å². The number of nitrogens with zero attached hydrogens (tertiary/aromatic N) is 3. The summed E-state index contributed by atoms with van der Waals surface area (Å²) >= 11 is 0. The minimum atomic E-state index is -0.396. The fraction of sp³-hybridized carbons (Fsp3) is 0.769. The van der Waals surface area contributed by atoms with Crippen LogP contribution in [0.5, 0.6) is 0 Å². The highest BCUT2D eigenvalue weighted by molar-refractivity contribution is 5.57. The van der Waals surface area contributed by atoms with Crippen LogP contribution in [0.3, 0.4) is 0 Å². The zero-order chi connectivity index (χ0) is 13.1. The predicted octanol–water partition coefficient (Wildman–Crippen LogP) is -0.0180. The predicted molar refractivity (Wildman–Crippen MR) is 68.4 cm³/mol. The Kier molecular flexibility index (Phi) is 4.15. The molecule has 2 aliphatic rings. The number of piperazine rings is 1. The van der Waals surface area contributed by atoms with E-state index in [0.717, 1.165) is 26.2 Å². The highest BCUT2D eigenvalue weighted by Gasteiger charge is 2.37. The minimum Gasteiger partial charge on any atom is -0.299 e. The van der Waals surface area contributed by atoms with Gasteiger partial charge in [0.05, 0.1) is 12.2 Å². The molecule has 2 heterocycles. The molecule has 2 saturated heterocycles. The number of carbonyl (C=O) groups excluding carboxylic acids is 1. The van der Waals surface area contributed by atoms with E-state index in [1.165, 1.54) is 0 Å². The Morgan fingerprint density at radius 1 is 1.44 bits per heavy atom. The van der Waals surface area contributed by atoms with Crippen LogP contribution >= 0.6 is 0 Å². The molecular weight excluding hydrogens is 228 g/mol. The monoisotopic (exact) mass is 248 g/mol. The number of nitrogens with one attached hydrogen (secondary N) is 1. The largest absolute Gasteiger partial charge is 0.299 e. The van der Waals surface area contributed by atoms with Gasteiger partial charge in [-0.05, 0) is 20.3 Å². The van der Waals surface area contributed by atoms with Crippen molar-refractivity contribution in [3.8, 4) is 6.07 Å². The van der Waals surface area contributed by atoms with E-state index in [1.807, 2.05) is 5.94 Å². The molecule has 0 aliphatic carbocycles. The van der Waals surface area contributed by atoms with Crippen molar-refractivity contribution in [1.29, 1.82) is 5.26 Å². The molecule has 2 fully saturated rings. The van der Waals surface area contributed by atoms with E-state index in [9.17, 15) is 10.1 Å². The lowest BCUT2D eigenvalue weighted by Gasteiger charge is -2.41. The molecule has 2 unspecified atom stereocenters. The first kappa shape index (κ1) is 13.3. The van der Waals surface area contributed by atoms with Crippen molar-refractivity contribution in [2.24, 2.45) is 0 Å². The second kappa shape index (κ2) is 5.64. The SMILES string of the molecule is CC(C)N1CCNC(N2CCC(=C=O)C2C#N)C1. The van der Waals surface area contributed by atoms with E-state index < -0.39 is 6.04 Å². The lowest BCUT2D eigenvalue weighted by atomic mass is 10.1. The van der Waals surface area contributed by atoms with Gasteiger partial charge in [0, 0.05) is 37.8 Å². The molecule has 98 valence electrons. The number of likely N-dealkylation sites (tertiary alicyclic amines) is 1. The molecule has 0 saturated carbocycles. The molecule has 0 aromatic carbocycles. The average Bonchev–Trinajstić information content (AvgIpc) is 2.81. The smallest absolute Gasteiger partial charge is 0.131 e. The standard InChI is InChI=1S/C13H20N4O/c1-10(2)16-6-4-15-13(8-16)17-5-3-11(9-18)12(17)7-14/h10,12-13,15H,3-6,8H2,1-2H3. The zero-order valence-electron chi connectivity index (χ0n) is 11.0. The van der Waals surface area contributed by atoms with E-state index in [0.29, 0.717) is 18.0 Å². The van der Waals surface area contributed by atoms with Crippen LogP contribution in [0.2, 0.25) is 0 Å². The van der Waals surface area contributed by atoms with Crippen molar-refractivity contribution < 1.29 is 4.79 Å². The molecule has 2 atom stereocenters. The third-order valence-corrected chi connectivity index (χ3v) is 3.87. The van der Waals surface area contributed by atoms with Crippen LogP contribution in [0.15, 0.2) is 5.57 Å². The maximum atomic E-state index is 10.8. The van der Waals surface area contributed by atoms with Crippen LogP contribution in [0.1, 0.15) is 20.3 Å². The van der Waals surface area contributed by atoms with E-state index in [4.69, 9.17) is 0 Å². The third-order valence-electron chi connectivity index (χ3n) is 3.87. The van der Waals surface area contributed by atoms with Crippen LogP contribution in [-0.4, -0.2) is 60.2 Å². The van der Waals surface area contributed by atoms with Crippen LogP contribution < -0.4 is 5.32 Å². The van der Waals surface area contributed by atoms with Crippen molar-refractivity contribution in [3.05, 3.63) is 5.57 Å². The van der Waals surface area contributed by atoms with Crippen molar-refractivity contribution in [2.75, 3.05) is 26.2 Å². The van der Waals surface area contributed by atoms with Gasteiger partial charge in [0.2, 0.25) is 0 Å². The highest BCUT2D eigenvalue weighted by Crippen LogP contribution is 2.24. The maximum absolute atomic E-state index is 10.8. The second-order valence-electron chi connectivity index (χ2n) is 5.21.